The fourth-order valence-corrected chi connectivity index (χ4v) is 2.22. The summed E-state index contributed by atoms with van der Waals surface area (Å²) in [6.45, 7) is 2.06. The molecule has 0 aliphatic carbocycles. The van der Waals surface area contributed by atoms with Crippen LogP contribution in [0.5, 0.6) is 5.75 Å². The first kappa shape index (κ1) is 15.8. The van der Waals surface area contributed by atoms with Crippen molar-refractivity contribution in [2.45, 2.75) is 25.5 Å². The van der Waals surface area contributed by atoms with E-state index in [0.717, 1.165) is 12.2 Å². The summed E-state index contributed by atoms with van der Waals surface area (Å²) in [6, 6.07) is 8.20. The molecular weight excluding hydrogens is 264 g/mol. The Morgan fingerprint density at radius 2 is 2.16 bits per heavy atom. The fraction of sp³-hybridized carbons (Fsp3) is 0.462. The Morgan fingerprint density at radius 3 is 2.79 bits per heavy atom. The topological polar surface area (TPSA) is 84.6 Å². The van der Waals surface area contributed by atoms with Gasteiger partial charge in [0, 0.05) is 11.8 Å². The number of hydroxylamine groups is 1. The molecule has 1 aromatic rings. The lowest BCUT2D eigenvalue weighted by molar-refractivity contribution is -0.137. The standard InChI is InChI=1S/C13H20N2O3S/c1-2-8-19-9-11(14)12(16)13(17)15-18-10-6-4-3-5-7-10/h3-7,11-12,16H,2,8-9,14H2,1H3,(H,15,17)/t11-,12+/m1/s1. The zero-order valence-electron chi connectivity index (χ0n) is 10.9. The summed E-state index contributed by atoms with van der Waals surface area (Å²) in [6.07, 6.45) is -0.232. The molecule has 1 rings (SSSR count). The summed E-state index contributed by atoms with van der Waals surface area (Å²) < 4.78 is 0. The third-order valence-electron chi connectivity index (χ3n) is 2.35. The average molecular weight is 284 g/mol. The van der Waals surface area contributed by atoms with Crippen molar-refractivity contribution in [3.05, 3.63) is 30.3 Å². The second-order valence-corrected chi connectivity index (χ2v) is 5.21. The van der Waals surface area contributed by atoms with Gasteiger partial charge in [-0.1, -0.05) is 25.1 Å². The molecule has 1 aromatic carbocycles. The molecule has 0 aliphatic rings. The Labute approximate surface area is 117 Å². The minimum atomic E-state index is -1.27. The molecular formula is C13H20N2O3S. The van der Waals surface area contributed by atoms with E-state index in [9.17, 15) is 9.90 Å². The lowest BCUT2D eigenvalue weighted by atomic mass is 10.2. The molecule has 0 heterocycles. The van der Waals surface area contributed by atoms with Crippen molar-refractivity contribution in [3.8, 4) is 5.75 Å². The SMILES string of the molecule is CCCSC[C@@H](N)[C@H](O)C(=O)NOc1ccccc1. The zero-order valence-corrected chi connectivity index (χ0v) is 11.7. The van der Waals surface area contributed by atoms with Crippen LogP contribution in [0.2, 0.25) is 0 Å². The van der Waals surface area contributed by atoms with Gasteiger partial charge in [0.15, 0.2) is 11.9 Å². The fourth-order valence-electron chi connectivity index (χ4n) is 1.31. The molecule has 0 spiro atoms. The maximum absolute atomic E-state index is 11.6. The lowest BCUT2D eigenvalue weighted by Gasteiger charge is -2.17. The number of nitrogens with one attached hydrogen (secondary N) is 1. The van der Waals surface area contributed by atoms with Gasteiger partial charge in [-0.3, -0.25) is 4.79 Å². The second kappa shape index (κ2) is 8.79. The van der Waals surface area contributed by atoms with Crippen LogP contribution in [0.25, 0.3) is 0 Å². The van der Waals surface area contributed by atoms with Crippen molar-refractivity contribution in [2.75, 3.05) is 11.5 Å². The van der Waals surface area contributed by atoms with E-state index >= 15 is 0 Å². The van der Waals surface area contributed by atoms with Crippen molar-refractivity contribution in [1.29, 1.82) is 0 Å². The van der Waals surface area contributed by atoms with E-state index in [1.807, 2.05) is 6.07 Å². The highest BCUT2D eigenvalue weighted by Crippen LogP contribution is 2.08. The zero-order chi connectivity index (χ0) is 14.1. The summed E-state index contributed by atoms with van der Waals surface area (Å²) in [5.41, 5.74) is 7.93. The average Bonchev–Trinajstić information content (AvgIpc) is 2.45. The van der Waals surface area contributed by atoms with Gasteiger partial charge in [0.1, 0.15) is 0 Å². The number of carbonyl (C=O) groups excluding carboxylic acids is 1. The van der Waals surface area contributed by atoms with E-state index in [4.69, 9.17) is 10.6 Å². The number of nitrogens with two attached hydrogens (primary N) is 1. The predicted molar refractivity (Wildman–Crippen MR) is 76.8 cm³/mol. The van der Waals surface area contributed by atoms with E-state index < -0.39 is 18.1 Å². The molecule has 4 N–H and O–H groups in total. The highest BCUT2D eigenvalue weighted by atomic mass is 32.2. The first-order valence-corrected chi connectivity index (χ1v) is 7.33. The summed E-state index contributed by atoms with van der Waals surface area (Å²) >= 11 is 1.62. The maximum atomic E-state index is 11.6. The number of benzene rings is 1. The minimum absolute atomic E-state index is 0.497. The number of hydrogen-bond donors (Lipinski definition) is 3. The van der Waals surface area contributed by atoms with Crippen LogP contribution in [0.4, 0.5) is 0 Å². The molecule has 0 aliphatic heterocycles. The Morgan fingerprint density at radius 1 is 1.47 bits per heavy atom. The number of aliphatic hydroxyl groups is 1. The van der Waals surface area contributed by atoms with Crippen LogP contribution >= 0.6 is 11.8 Å². The number of rotatable bonds is 8. The van der Waals surface area contributed by atoms with E-state index in [1.165, 1.54) is 0 Å². The second-order valence-electron chi connectivity index (χ2n) is 4.07. The molecule has 0 unspecified atom stereocenters. The van der Waals surface area contributed by atoms with Gasteiger partial charge in [-0.05, 0) is 24.3 Å². The Bertz CT molecular complexity index is 375. The minimum Gasteiger partial charge on any atom is -0.381 e. The molecule has 0 saturated heterocycles. The number of thioether (sulfide) groups is 1. The molecule has 0 saturated carbocycles. The summed E-state index contributed by atoms with van der Waals surface area (Å²) in [4.78, 5) is 16.7. The van der Waals surface area contributed by atoms with Crippen LogP contribution in [0.15, 0.2) is 30.3 Å². The number of hydrogen-bond acceptors (Lipinski definition) is 5. The summed E-state index contributed by atoms with van der Waals surface area (Å²) in [5.74, 6) is 1.36. The largest absolute Gasteiger partial charge is 0.381 e. The van der Waals surface area contributed by atoms with Gasteiger partial charge < -0.3 is 15.7 Å². The number of amides is 1. The monoisotopic (exact) mass is 284 g/mol. The molecule has 1 amide bonds. The molecule has 106 valence electrons. The quantitative estimate of drug-likeness (QED) is 0.488. The first-order chi connectivity index (χ1) is 9.15. The highest BCUT2D eigenvalue weighted by molar-refractivity contribution is 7.99. The first-order valence-electron chi connectivity index (χ1n) is 6.18. The van der Waals surface area contributed by atoms with Gasteiger partial charge in [-0.2, -0.15) is 17.2 Å². The van der Waals surface area contributed by atoms with Crippen molar-refractivity contribution in [1.82, 2.24) is 5.48 Å². The van der Waals surface area contributed by atoms with Gasteiger partial charge >= 0.3 is 0 Å². The van der Waals surface area contributed by atoms with Crippen LogP contribution in [0.1, 0.15) is 13.3 Å². The Hall–Kier alpha value is -1.24. The number of aliphatic hydroxyl groups excluding tert-OH is 1. The molecule has 19 heavy (non-hydrogen) atoms. The predicted octanol–water partition coefficient (Wildman–Crippen LogP) is 0.928. The molecule has 5 nitrogen and oxygen atoms in total. The number of carbonyl (C=O) groups is 1. The van der Waals surface area contributed by atoms with E-state index in [1.54, 1.807) is 36.0 Å². The van der Waals surface area contributed by atoms with Crippen LogP contribution in [0.3, 0.4) is 0 Å². The van der Waals surface area contributed by atoms with Crippen LogP contribution in [-0.4, -0.2) is 34.7 Å². The molecule has 0 aromatic heterocycles. The normalized spacial score (nSPS) is 13.6. The maximum Gasteiger partial charge on any atom is 0.283 e. The van der Waals surface area contributed by atoms with Gasteiger partial charge in [0.2, 0.25) is 0 Å². The number of para-hydroxylation sites is 1. The van der Waals surface area contributed by atoms with Crippen LogP contribution < -0.4 is 16.1 Å². The van der Waals surface area contributed by atoms with E-state index in [0.29, 0.717) is 11.5 Å². The van der Waals surface area contributed by atoms with Crippen molar-refractivity contribution in [2.24, 2.45) is 5.73 Å². The van der Waals surface area contributed by atoms with Crippen LogP contribution in [0, 0.1) is 0 Å². The van der Waals surface area contributed by atoms with Gasteiger partial charge in [-0.15, -0.1) is 0 Å². The van der Waals surface area contributed by atoms with E-state index in [-0.39, 0.29) is 0 Å². The molecule has 6 heteroatoms. The lowest BCUT2D eigenvalue weighted by Crippen LogP contribution is -2.48. The molecule has 0 bridgehead atoms. The van der Waals surface area contributed by atoms with Gasteiger partial charge in [-0.25, -0.2) is 0 Å². The van der Waals surface area contributed by atoms with Crippen molar-refractivity contribution >= 4 is 17.7 Å². The van der Waals surface area contributed by atoms with Crippen molar-refractivity contribution < 1.29 is 14.7 Å². The third kappa shape index (κ3) is 5.96. The smallest absolute Gasteiger partial charge is 0.283 e. The van der Waals surface area contributed by atoms with Gasteiger partial charge in [0.05, 0.1) is 0 Å². The third-order valence-corrected chi connectivity index (χ3v) is 3.66. The van der Waals surface area contributed by atoms with Crippen LogP contribution in [-0.2, 0) is 4.79 Å². The van der Waals surface area contributed by atoms with Gasteiger partial charge in [0.25, 0.3) is 5.91 Å². The summed E-state index contributed by atoms with van der Waals surface area (Å²) in [7, 11) is 0. The molecule has 0 fully saturated rings. The Kier molecular flexibility index (Phi) is 7.32. The highest BCUT2D eigenvalue weighted by Gasteiger charge is 2.23. The van der Waals surface area contributed by atoms with Crippen molar-refractivity contribution in [3.63, 3.8) is 0 Å². The van der Waals surface area contributed by atoms with E-state index in [2.05, 4.69) is 12.4 Å². The molecule has 0 radical (unpaired) electrons. The Balaban J connectivity index is 2.31. The molecule has 2 atom stereocenters. The summed E-state index contributed by atoms with van der Waals surface area (Å²) in [5, 5.41) is 9.73.